The summed E-state index contributed by atoms with van der Waals surface area (Å²) in [7, 11) is 0. The van der Waals surface area contributed by atoms with Crippen LogP contribution >= 0.6 is 12.4 Å². The van der Waals surface area contributed by atoms with E-state index >= 15 is 0 Å². The molecule has 1 heterocycles. The van der Waals surface area contributed by atoms with Gasteiger partial charge in [-0.15, -0.1) is 12.4 Å². The van der Waals surface area contributed by atoms with E-state index in [2.05, 4.69) is 0 Å². The van der Waals surface area contributed by atoms with E-state index in [1.165, 1.54) is 12.1 Å². The molecule has 1 aromatic carbocycles. The third kappa shape index (κ3) is 5.92. The zero-order chi connectivity index (χ0) is 17.0. The third-order valence-electron chi connectivity index (χ3n) is 3.50. The number of carboxylic acid groups (broad SMARTS) is 1. The Bertz CT molecular complexity index is 559. The zero-order valence-electron chi connectivity index (χ0n) is 14.2. The molecule has 1 N–H and O–H groups in total. The number of hydrogen-bond donors (Lipinski definition) is 1. The van der Waals surface area contributed by atoms with Crippen LogP contribution in [0.1, 0.15) is 44.0 Å². The first-order valence-corrected chi connectivity index (χ1v) is 7.72. The fourth-order valence-electron chi connectivity index (χ4n) is 2.35. The summed E-state index contributed by atoms with van der Waals surface area (Å²) in [5.41, 5.74) is -0.256. The Morgan fingerprint density at radius 3 is 2.12 bits per heavy atom. The maximum Gasteiger partial charge on any atom is 0.410 e. The average Bonchev–Trinajstić information content (AvgIpc) is 2.46. The normalized spacial score (nSPS) is 15.4. The van der Waals surface area contributed by atoms with Crippen LogP contribution in [0.5, 0.6) is 5.75 Å². The number of piperidine rings is 1. The number of nitrogens with zero attached hydrogens (tertiary/aromatic N) is 1. The molecule has 0 unspecified atom stereocenters. The summed E-state index contributed by atoms with van der Waals surface area (Å²) in [6, 6.07) is 6.36. The minimum atomic E-state index is -0.956. The molecular formula is C17H24ClNO5. The van der Waals surface area contributed by atoms with Gasteiger partial charge in [-0.2, -0.15) is 0 Å². The van der Waals surface area contributed by atoms with E-state index in [9.17, 15) is 9.59 Å². The fraction of sp³-hybridized carbons (Fsp3) is 0.529. The van der Waals surface area contributed by atoms with Crippen molar-refractivity contribution < 1.29 is 24.2 Å². The number of hydrogen-bond acceptors (Lipinski definition) is 4. The molecule has 0 saturated carbocycles. The van der Waals surface area contributed by atoms with Crippen LogP contribution in [0.15, 0.2) is 24.3 Å². The van der Waals surface area contributed by atoms with Gasteiger partial charge in [0.2, 0.25) is 0 Å². The Kier molecular flexibility index (Phi) is 6.90. The summed E-state index contributed by atoms with van der Waals surface area (Å²) in [6.45, 7) is 6.73. The van der Waals surface area contributed by atoms with E-state index in [1.807, 2.05) is 20.8 Å². The first-order valence-electron chi connectivity index (χ1n) is 7.72. The summed E-state index contributed by atoms with van der Waals surface area (Å²) in [5, 5.41) is 8.87. The molecule has 0 atom stereocenters. The lowest BCUT2D eigenvalue weighted by Crippen LogP contribution is -2.44. The summed E-state index contributed by atoms with van der Waals surface area (Å²) in [5.74, 6) is -0.312. The number of carboxylic acids is 1. The predicted molar refractivity (Wildman–Crippen MR) is 92.1 cm³/mol. The van der Waals surface area contributed by atoms with Crippen LogP contribution in [0, 0.1) is 0 Å². The van der Waals surface area contributed by atoms with Gasteiger partial charge in [0.05, 0.1) is 5.56 Å². The predicted octanol–water partition coefficient (Wildman–Crippen LogP) is 3.58. The zero-order valence-corrected chi connectivity index (χ0v) is 15.0. The van der Waals surface area contributed by atoms with Crippen molar-refractivity contribution in [1.29, 1.82) is 0 Å². The Balaban J connectivity index is 0.00000288. The highest BCUT2D eigenvalue weighted by molar-refractivity contribution is 5.87. The Morgan fingerprint density at radius 2 is 1.67 bits per heavy atom. The minimum Gasteiger partial charge on any atom is -0.490 e. The van der Waals surface area contributed by atoms with Gasteiger partial charge >= 0.3 is 12.1 Å². The van der Waals surface area contributed by atoms with Crippen molar-refractivity contribution in [3.05, 3.63) is 29.8 Å². The van der Waals surface area contributed by atoms with Crippen molar-refractivity contribution in [1.82, 2.24) is 4.90 Å². The van der Waals surface area contributed by atoms with E-state index in [0.717, 1.165) is 12.8 Å². The van der Waals surface area contributed by atoms with E-state index in [-0.39, 0.29) is 30.2 Å². The Morgan fingerprint density at radius 1 is 1.12 bits per heavy atom. The first-order chi connectivity index (χ1) is 10.7. The number of halogens is 1. The van der Waals surface area contributed by atoms with Crippen molar-refractivity contribution >= 4 is 24.5 Å². The molecule has 0 aromatic heterocycles. The van der Waals surface area contributed by atoms with Gasteiger partial charge in [-0.25, -0.2) is 9.59 Å². The summed E-state index contributed by atoms with van der Waals surface area (Å²) < 4.78 is 11.2. The second-order valence-corrected chi connectivity index (χ2v) is 6.61. The summed E-state index contributed by atoms with van der Waals surface area (Å²) >= 11 is 0. The number of ether oxygens (including phenoxy) is 2. The number of rotatable bonds is 3. The summed E-state index contributed by atoms with van der Waals surface area (Å²) in [6.07, 6.45) is 1.17. The molecule has 24 heavy (non-hydrogen) atoms. The summed E-state index contributed by atoms with van der Waals surface area (Å²) in [4.78, 5) is 24.5. The quantitative estimate of drug-likeness (QED) is 0.894. The molecule has 1 aromatic rings. The van der Waals surface area contributed by atoms with Gasteiger partial charge in [-0.1, -0.05) is 0 Å². The molecule has 1 saturated heterocycles. The lowest BCUT2D eigenvalue weighted by Gasteiger charge is -2.33. The first kappa shape index (κ1) is 20.1. The van der Waals surface area contributed by atoms with Gasteiger partial charge in [0.1, 0.15) is 17.5 Å². The van der Waals surface area contributed by atoms with Crippen molar-refractivity contribution in [2.24, 2.45) is 0 Å². The highest BCUT2D eigenvalue weighted by Gasteiger charge is 2.27. The molecule has 0 bridgehead atoms. The van der Waals surface area contributed by atoms with Crippen molar-refractivity contribution in [3.8, 4) is 5.75 Å². The fourth-order valence-corrected chi connectivity index (χ4v) is 2.35. The van der Waals surface area contributed by atoms with E-state index in [1.54, 1.807) is 17.0 Å². The van der Waals surface area contributed by atoms with Gasteiger partial charge < -0.3 is 19.5 Å². The van der Waals surface area contributed by atoms with Crippen LogP contribution in [-0.2, 0) is 4.74 Å². The number of aromatic carboxylic acids is 1. The molecule has 6 nitrogen and oxygen atoms in total. The lowest BCUT2D eigenvalue weighted by atomic mass is 10.1. The van der Waals surface area contributed by atoms with Crippen LogP contribution < -0.4 is 4.74 Å². The molecule has 1 amide bonds. The monoisotopic (exact) mass is 357 g/mol. The molecular weight excluding hydrogens is 334 g/mol. The highest BCUT2D eigenvalue weighted by atomic mass is 35.5. The van der Waals surface area contributed by atoms with Gasteiger partial charge in [-0.3, -0.25) is 0 Å². The molecule has 2 rings (SSSR count). The number of amides is 1. The molecule has 134 valence electrons. The molecule has 0 aliphatic carbocycles. The Hall–Kier alpha value is -1.95. The van der Waals surface area contributed by atoms with Crippen LogP contribution in [0.3, 0.4) is 0 Å². The van der Waals surface area contributed by atoms with Crippen molar-refractivity contribution in [2.75, 3.05) is 13.1 Å². The van der Waals surface area contributed by atoms with Gasteiger partial charge in [0.15, 0.2) is 0 Å². The smallest absolute Gasteiger partial charge is 0.410 e. The SMILES string of the molecule is CC(C)(C)OC(=O)N1CCC(Oc2ccc(C(=O)O)cc2)CC1.Cl. The van der Waals surface area contributed by atoms with Gasteiger partial charge in [0, 0.05) is 25.9 Å². The third-order valence-corrected chi connectivity index (χ3v) is 3.50. The molecule has 0 spiro atoms. The minimum absolute atomic E-state index is 0. The molecule has 1 aliphatic heterocycles. The largest absolute Gasteiger partial charge is 0.490 e. The molecule has 1 aliphatic rings. The maximum atomic E-state index is 12.0. The second kappa shape index (κ2) is 8.24. The highest BCUT2D eigenvalue weighted by Crippen LogP contribution is 2.21. The Labute approximate surface area is 148 Å². The van der Waals surface area contributed by atoms with E-state index in [0.29, 0.717) is 18.8 Å². The standard InChI is InChI=1S/C17H23NO5.ClH/c1-17(2,3)23-16(21)18-10-8-14(9-11-18)22-13-6-4-12(5-7-13)15(19)20;/h4-7,14H,8-11H2,1-3H3,(H,19,20);1H. The molecule has 1 fully saturated rings. The van der Waals surface area contributed by atoms with Gasteiger partial charge in [-0.05, 0) is 45.0 Å². The topological polar surface area (TPSA) is 76.1 Å². The van der Waals surface area contributed by atoms with Crippen LogP contribution in [-0.4, -0.2) is 46.9 Å². The number of carbonyl (C=O) groups is 2. The lowest BCUT2D eigenvalue weighted by molar-refractivity contribution is 0.0126. The molecule has 7 heteroatoms. The van der Waals surface area contributed by atoms with E-state index in [4.69, 9.17) is 14.6 Å². The number of benzene rings is 1. The number of likely N-dealkylation sites (tertiary alicyclic amines) is 1. The van der Waals surface area contributed by atoms with Crippen LogP contribution in [0.2, 0.25) is 0 Å². The van der Waals surface area contributed by atoms with Crippen molar-refractivity contribution in [3.63, 3.8) is 0 Å². The van der Waals surface area contributed by atoms with E-state index < -0.39 is 11.6 Å². The van der Waals surface area contributed by atoms with Crippen molar-refractivity contribution in [2.45, 2.75) is 45.3 Å². The van der Waals surface area contributed by atoms with Gasteiger partial charge in [0.25, 0.3) is 0 Å². The maximum absolute atomic E-state index is 12.0. The number of carbonyl (C=O) groups excluding carboxylic acids is 1. The average molecular weight is 358 g/mol. The van der Waals surface area contributed by atoms with Crippen LogP contribution in [0.25, 0.3) is 0 Å². The second-order valence-electron chi connectivity index (χ2n) is 6.61. The molecule has 0 radical (unpaired) electrons. The van der Waals surface area contributed by atoms with Crippen LogP contribution in [0.4, 0.5) is 4.79 Å².